The van der Waals surface area contributed by atoms with E-state index in [1.807, 2.05) is 18.0 Å². The van der Waals surface area contributed by atoms with Crippen molar-refractivity contribution < 1.29 is 5.11 Å². The first-order valence-corrected chi connectivity index (χ1v) is 6.55. The Morgan fingerprint density at radius 2 is 2.28 bits per heavy atom. The van der Waals surface area contributed by atoms with Crippen LogP contribution in [0.4, 0.5) is 5.82 Å². The highest BCUT2D eigenvalue weighted by atomic mass is 16.3. The molecule has 5 heteroatoms. The number of hydrogen-bond acceptors (Lipinski definition) is 5. The molecule has 0 saturated carbocycles. The Balaban J connectivity index is 1.96. The van der Waals surface area contributed by atoms with Crippen LogP contribution >= 0.6 is 0 Å². The zero-order valence-electron chi connectivity index (χ0n) is 11.2. The minimum Gasteiger partial charge on any atom is -0.396 e. The molecule has 5 nitrogen and oxygen atoms in total. The van der Waals surface area contributed by atoms with E-state index in [4.69, 9.17) is 5.11 Å². The zero-order chi connectivity index (χ0) is 13.0. The number of hydrogen-bond donors (Lipinski definition) is 1. The Morgan fingerprint density at radius 3 is 2.83 bits per heavy atom. The minimum atomic E-state index is 0.213. The lowest BCUT2D eigenvalue weighted by atomic mass is 10.1. The molecule has 0 bridgehead atoms. The first kappa shape index (κ1) is 13.2. The summed E-state index contributed by atoms with van der Waals surface area (Å²) in [6.45, 7) is 3.24. The smallest absolute Gasteiger partial charge is 0.150 e. The van der Waals surface area contributed by atoms with Gasteiger partial charge in [0.15, 0.2) is 5.82 Å². The summed E-state index contributed by atoms with van der Waals surface area (Å²) < 4.78 is 0. The average molecular weight is 250 g/mol. The topological polar surface area (TPSA) is 52.5 Å². The number of aliphatic hydroxyl groups is 1. The maximum Gasteiger partial charge on any atom is 0.150 e. The van der Waals surface area contributed by atoms with E-state index in [1.54, 1.807) is 0 Å². The van der Waals surface area contributed by atoms with Gasteiger partial charge in [-0.1, -0.05) is 0 Å². The predicted molar refractivity (Wildman–Crippen MR) is 71.9 cm³/mol. The van der Waals surface area contributed by atoms with E-state index in [0.29, 0.717) is 5.92 Å². The molecule has 1 N–H and O–H groups in total. The van der Waals surface area contributed by atoms with Gasteiger partial charge in [-0.25, -0.2) is 0 Å². The van der Waals surface area contributed by atoms with Crippen LogP contribution in [0.1, 0.15) is 24.5 Å². The summed E-state index contributed by atoms with van der Waals surface area (Å²) in [6, 6.07) is 4.11. The molecular formula is C13H22N4O. The van der Waals surface area contributed by atoms with Crippen molar-refractivity contribution in [3.8, 4) is 0 Å². The second-order valence-electron chi connectivity index (χ2n) is 5.06. The molecule has 2 heterocycles. The lowest BCUT2D eigenvalue weighted by Crippen LogP contribution is -2.21. The second-order valence-corrected chi connectivity index (χ2v) is 5.06. The van der Waals surface area contributed by atoms with Gasteiger partial charge in [0.1, 0.15) is 0 Å². The quantitative estimate of drug-likeness (QED) is 0.834. The largest absolute Gasteiger partial charge is 0.396 e. The maximum absolute atomic E-state index is 8.81. The molecule has 1 atom stereocenters. The monoisotopic (exact) mass is 250 g/mol. The molecule has 0 radical (unpaired) electrons. The number of rotatable bonds is 5. The van der Waals surface area contributed by atoms with Crippen LogP contribution in [0.5, 0.6) is 0 Å². The van der Waals surface area contributed by atoms with Gasteiger partial charge in [0, 0.05) is 32.7 Å². The number of aliphatic hydroxyl groups excluding tert-OH is 1. The van der Waals surface area contributed by atoms with Crippen molar-refractivity contribution in [3.63, 3.8) is 0 Å². The fourth-order valence-corrected chi connectivity index (χ4v) is 2.36. The molecule has 0 aliphatic carbocycles. The van der Waals surface area contributed by atoms with Gasteiger partial charge >= 0.3 is 0 Å². The molecule has 0 amide bonds. The van der Waals surface area contributed by atoms with Crippen molar-refractivity contribution in [1.82, 2.24) is 15.1 Å². The van der Waals surface area contributed by atoms with Gasteiger partial charge in [0.2, 0.25) is 0 Å². The lowest BCUT2D eigenvalue weighted by Gasteiger charge is -2.17. The highest BCUT2D eigenvalue weighted by Gasteiger charge is 2.22. The molecule has 0 spiro atoms. The standard InChI is InChI=1S/C13H22N4O/c1-16-8-6-11(10-16)12-4-5-13(15-14-12)17(2)7-3-9-18/h4-5,11,18H,3,6-10H2,1-2H3. The lowest BCUT2D eigenvalue weighted by molar-refractivity contribution is 0.290. The van der Waals surface area contributed by atoms with Gasteiger partial charge in [-0.3, -0.25) is 0 Å². The summed E-state index contributed by atoms with van der Waals surface area (Å²) in [4.78, 5) is 4.35. The van der Waals surface area contributed by atoms with Crippen LogP contribution in [-0.2, 0) is 0 Å². The molecule has 2 rings (SSSR count). The van der Waals surface area contributed by atoms with Crippen LogP contribution in [0.3, 0.4) is 0 Å². The number of nitrogens with zero attached hydrogens (tertiary/aromatic N) is 4. The number of likely N-dealkylation sites (tertiary alicyclic amines) is 1. The molecular weight excluding hydrogens is 228 g/mol. The van der Waals surface area contributed by atoms with E-state index in [-0.39, 0.29) is 6.61 Å². The van der Waals surface area contributed by atoms with Crippen molar-refractivity contribution >= 4 is 5.82 Å². The summed E-state index contributed by atoms with van der Waals surface area (Å²) in [6.07, 6.45) is 1.93. The molecule has 1 fully saturated rings. The third kappa shape index (κ3) is 3.17. The molecule has 1 aromatic heterocycles. The minimum absolute atomic E-state index is 0.213. The van der Waals surface area contributed by atoms with Crippen LogP contribution in [0.25, 0.3) is 0 Å². The van der Waals surface area contributed by atoms with E-state index >= 15 is 0 Å². The summed E-state index contributed by atoms with van der Waals surface area (Å²) in [5.74, 6) is 1.40. The van der Waals surface area contributed by atoms with Gasteiger partial charge in [0.25, 0.3) is 0 Å². The summed E-state index contributed by atoms with van der Waals surface area (Å²) in [5.41, 5.74) is 1.10. The van der Waals surface area contributed by atoms with E-state index < -0.39 is 0 Å². The van der Waals surface area contributed by atoms with E-state index in [0.717, 1.165) is 37.6 Å². The fourth-order valence-electron chi connectivity index (χ4n) is 2.36. The van der Waals surface area contributed by atoms with Crippen LogP contribution in [0, 0.1) is 0 Å². The Morgan fingerprint density at radius 1 is 1.44 bits per heavy atom. The summed E-state index contributed by atoms with van der Waals surface area (Å²) >= 11 is 0. The highest BCUT2D eigenvalue weighted by Crippen LogP contribution is 2.24. The fraction of sp³-hybridized carbons (Fsp3) is 0.692. The molecule has 1 saturated heterocycles. The molecule has 100 valence electrons. The molecule has 1 aliphatic rings. The van der Waals surface area contributed by atoms with Crippen LogP contribution in [-0.4, -0.2) is 60.5 Å². The van der Waals surface area contributed by atoms with E-state index in [2.05, 4.69) is 28.2 Å². The Kier molecular flexibility index (Phi) is 4.49. The van der Waals surface area contributed by atoms with Crippen molar-refractivity contribution in [3.05, 3.63) is 17.8 Å². The molecule has 1 aromatic rings. The summed E-state index contributed by atoms with van der Waals surface area (Å²) in [7, 11) is 4.12. The second kappa shape index (κ2) is 6.11. The molecule has 1 aliphatic heterocycles. The molecule has 0 aromatic carbocycles. The van der Waals surface area contributed by atoms with Crippen molar-refractivity contribution in [2.75, 3.05) is 45.2 Å². The summed E-state index contributed by atoms with van der Waals surface area (Å²) in [5, 5.41) is 17.4. The van der Waals surface area contributed by atoms with Gasteiger partial charge in [-0.2, -0.15) is 5.10 Å². The highest BCUT2D eigenvalue weighted by molar-refractivity contribution is 5.36. The SMILES string of the molecule is CN1CCC(c2ccc(N(C)CCCO)nn2)C1. The van der Waals surface area contributed by atoms with E-state index in [9.17, 15) is 0 Å². The van der Waals surface area contributed by atoms with Crippen molar-refractivity contribution in [1.29, 1.82) is 0 Å². The number of aromatic nitrogens is 2. The van der Waals surface area contributed by atoms with Gasteiger partial charge < -0.3 is 14.9 Å². The number of likely N-dealkylation sites (N-methyl/N-ethyl adjacent to an activating group) is 1. The third-order valence-electron chi connectivity index (χ3n) is 3.52. The Bertz CT molecular complexity index is 368. The zero-order valence-corrected chi connectivity index (χ0v) is 11.2. The predicted octanol–water partition coefficient (Wildman–Crippen LogP) is 0.714. The van der Waals surface area contributed by atoms with Crippen LogP contribution in [0.2, 0.25) is 0 Å². The third-order valence-corrected chi connectivity index (χ3v) is 3.52. The maximum atomic E-state index is 8.81. The Labute approximate surface area is 108 Å². The van der Waals surface area contributed by atoms with E-state index in [1.165, 1.54) is 6.42 Å². The van der Waals surface area contributed by atoms with Gasteiger partial charge in [0.05, 0.1) is 5.69 Å². The first-order valence-electron chi connectivity index (χ1n) is 6.55. The first-order chi connectivity index (χ1) is 8.70. The van der Waals surface area contributed by atoms with Crippen LogP contribution < -0.4 is 4.90 Å². The Hall–Kier alpha value is -1.20. The number of anilines is 1. The molecule has 18 heavy (non-hydrogen) atoms. The van der Waals surface area contributed by atoms with Crippen molar-refractivity contribution in [2.24, 2.45) is 0 Å². The van der Waals surface area contributed by atoms with Crippen LogP contribution in [0.15, 0.2) is 12.1 Å². The van der Waals surface area contributed by atoms with Gasteiger partial charge in [-0.15, -0.1) is 5.10 Å². The normalized spacial score (nSPS) is 20.3. The molecule has 1 unspecified atom stereocenters. The van der Waals surface area contributed by atoms with Gasteiger partial charge in [-0.05, 0) is 38.6 Å². The average Bonchev–Trinajstić information content (AvgIpc) is 2.83. The van der Waals surface area contributed by atoms with Crippen molar-refractivity contribution in [2.45, 2.75) is 18.8 Å².